The number of amides is 4. The lowest BCUT2D eigenvalue weighted by Gasteiger charge is -2.41. The average molecular weight is 1370 g/mol. The summed E-state index contributed by atoms with van der Waals surface area (Å²) in [5.74, 6) is -7.13. The summed E-state index contributed by atoms with van der Waals surface area (Å²) in [5.41, 5.74) is 2.23. The van der Waals surface area contributed by atoms with Gasteiger partial charge in [-0.25, -0.2) is 9.48 Å². The van der Waals surface area contributed by atoms with E-state index < -0.39 is 132 Å². The molecular weight excluding hydrogens is 1280 g/mol. The van der Waals surface area contributed by atoms with E-state index in [9.17, 15) is 60.2 Å². The number of methoxy groups -OCH3 is 3. The highest BCUT2D eigenvalue weighted by Crippen LogP contribution is 2.37. The van der Waals surface area contributed by atoms with Gasteiger partial charge in [0.05, 0.1) is 61.0 Å². The summed E-state index contributed by atoms with van der Waals surface area (Å²) in [5, 5.41) is 110. The van der Waals surface area contributed by atoms with E-state index in [0.717, 1.165) is 13.5 Å². The number of rotatable bonds is 34. The number of hydrogen-bond acceptors (Lipinski definition) is 22. The normalized spacial score (nSPS) is 23.3. The Morgan fingerprint density at radius 3 is 2.17 bits per heavy atom. The standard InChI is InChI=1S/C64H95BrN10O18/c1-12-37(6)46(49(89-9)30-52(78)72-27-17-22-47(72)58(90-10)38(7)60(83)67-39(8)55(79)41-18-14-13-15-19-41)32-66-61(84)53(35(2)3)69-62(85)54(36(4)5)74(63(86)91-11)48(29-43-33-73(71-70-43)44-21-16-20-42(28-44)68-51(77)31-65)40-23-25-45(26-24-40)92-64(75(87)88)59(82)57(81)56(80)50(34-76)93-64/h13-16,18-21,23-26,28,33,35-39,46-50,52-60,67,76,78-83H,12,17,22,27,29-32,34H2,1-11H3,(H,66,84)(H,68,77)(H,69,85)/t37-,38+,39+,46+,47-,48?,49+,50+,52-,53-,54-,55+,56-,57-,58+,59+,60+,64?/m0/s1. The van der Waals surface area contributed by atoms with Gasteiger partial charge < -0.3 is 70.6 Å². The number of ether oxygens (including phenoxy) is 5. The molecule has 2 aliphatic heterocycles. The van der Waals surface area contributed by atoms with Gasteiger partial charge >= 0.3 is 12.0 Å². The Morgan fingerprint density at radius 1 is 0.892 bits per heavy atom. The molecule has 2 saturated heterocycles. The van der Waals surface area contributed by atoms with Crippen LogP contribution in [0.2, 0.25) is 0 Å². The first kappa shape index (κ1) is 75.7. The van der Waals surface area contributed by atoms with Crippen molar-refractivity contribution in [1.29, 1.82) is 0 Å². The molecule has 3 heterocycles. The van der Waals surface area contributed by atoms with Gasteiger partial charge in [0, 0.05) is 69.8 Å². The number of nitrogens with zero attached hydrogens (tertiary/aromatic N) is 6. The van der Waals surface area contributed by atoms with E-state index in [-0.39, 0.29) is 65.5 Å². The summed E-state index contributed by atoms with van der Waals surface area (Å²) >= 11 is 3.15. The first-order chi connectivity index (χ1) is 44.2. The Hall–Kier alpha value is -6.32. The number of aliphatic hydroxyl groups is 7. The number of aliphatic hydroxyl groups excluding tert-OH is 7. The van der Waals surface area contributed by atoms with Gasteiger partial charge in [-0.15, -0.1) is 5.10 Å². The van der Waals surface area contributed by atoms with Crippen molar-refractivity contribution in [3.8, 4) is 11.4 Å². The van der Waals surface area contributed by atoms with Crippen LogP contribution < -0.4 is 26.0 Å². The third-order valence-corrected chi connectivity index (χ3v) is 18.4. The van der Waals surface area contributed by atoms with Crippen LogP contribution in [0.5, 0.6) is 5.75 Å². The molecule has 0 spiro atoms. The molecule has 0 aliphatic carbocycles. The molecule has 0 radical (unpaired) electrons. The van der Waals surface area contributed by atoms with Gasteiger partial charge in [-0.05, 0) is 79.0 Å². The van der Waals surface area contributed by atoms with Gasteiger partial charge in [-0.1, -0.05) is 125 Å². The molecule has 3 aromatic carbocycles. The maximum Gasteiger partial charge on any atom is 0.513 e. The smallest absolute Gasteiger partial charge is 0.453 e. The number of anilines is 1. The quantitative estimate of drug-likeness (QED) is 0.0138. The Kier molecular flexibility index (Phi) is 28.4. The number of carbonyl (C=O) groups is 4. The number of benzene rings is 3. The maximum absolute atomic E-state index is 15.2. The SMILES string of the molecule is CC[C@H](C)[C@@H](CNC(=O)[C@@H](NC(=O)[C@H](C(C)C)N(C(=O)OC)C(Cc1cn(-c2cccc(NC(=O)CBr)c2)nn1)c1ccc(OC2([N+](=O)[O-])O[C@H](CO)[C@H](O)[C@H](O)[C@H]2O)cc1)C(C)C)[C@@H](C[C@H](O)N1CCC[C@H]1[C@H](OC)[C@@H](C)[C@@H](O)N[C@H](C)[C@@H](O)c1ccccc1)OC. The Morgan fingerprint density at radius 2 is 1.58 bits per heavy atom. The predicted octanol–water partition coefficient (Wildman–Crippen LogP) is 3.55. The van der Waals surface area contributed by atoms with Crippen LogP contribution in [0.15, 0.2) is 85.1 Å². The fourth-order valence-corrected chi connectivity index (χ4v) is 12.6. The predicted molar refractivity (Wildman–Crippen MR) is 344 cm³/mol. The van der Waals surface area contributed by atoms with Crippen LogP contribution in [-0.4, -0.2) is 215 Å². The van der Waals surface area contributed by atoms with Crippen LogP contribution in [-0.2, 0) is 39.8 Å². The van der Waals surface area contributed by atoms with Gasteiger partial charge in [0.15, 0.2) is 0 Å². The second-order valence-corrected chi connectivity index (χ2v) is 25.3. The van der Waals surface area contributed by atoms with E-state index in [1.165, 1.54) is 33.8 Å². The molecule has 29 heteroatoms. The lowest BCUT2D eigenvalue weighted by atomic mass is 9.84. The molecule has 0 bridgehead atoms. The van der Waals surface area contributed by atoms with Crippen LogP contribution in [0.25, 0.3) is 5.69 Å². The van der Waals surface area contributed by atoms with Crippen LogP contribution in [0.4, 0.5) is 10.5 Å². The van der Waals surface area contributed by atoms with Gasteiger partial charge in [-0.3, -0.25) is 44.4 Å². The summed E-state index contributed by atoms with van der Waals surface area (Å²) in [4.78, 5) is 71.3. The van der Waals surface area contributed by atoms with Crippen LogP contribution in [0, 0.1) is 39.7 Å². The van der Waals surface area contributed by atoms with Crippen molar-refractivity contribution in [3.05, 3.63) is 112 Å². The number of nitro groups is 1. The summed E-state index contributed by atoms with van der Waals surface area (Å²) in [7, 11) is 4.26. The molecule has 2 unspecified atom stereocenters. The van der Waals surface area contributed by atoms with Crippen molar-refractivity contribution in [2.24, 2.45) is 29.6 Å². The van der Waals surface area contributed by atoms with Crippen molar-refractivity contribution in [3.63, 3.8) is 0 Å². The molecule has 28 nitrogen and oxygen atoms in total. The number of nitrogens with one attached hydrogen (secondary N) is 4. The molecule has 2 fully saturated rings. The Labute approximate surface area is 550 Å². The zero-order valence-electron chi connectivity index (χ0n) is 54.6. The molecule has 2 aliphatic rings. The van der Waals surface area contributed by atoms with E-state index in [2.05, 4.69) is 47.5 Å². The lowest BCUT2D eigenvalue weighted by Crippen LogP contribution is -2.70. The molecule has 4 aromatic rings. The summed E-state index contributed by atoms with van der Waals surface area (Å²) in [6.07, 6.45) is -9.62. The molecule has 11 N–H and O–H groups in total. The van der Waals surface area contributed by atoms with Crippen LogP contribution >= 0.6 is 15.9 Å². The summed E-state index contributed by atoms with van der Waals surface area (Å²) in [6, 6.07) is 16.7. The number of carbonyl (C=O) groups excluding carboxylic acids is 4. The average Bonchev–Trinajstić information content (AvgIpc) is 1.39. The van der Waals surface area contributed by atoms with Gasteiger partial charge in [0.2, 0.25) is 23.8 Å². The topological polar surface area (TPSA) is 384 Å². The highest BCUT2D eigenvalue weighted by atomic mass is 79.9. The van der Waals surface area contributed by atoms with Crippen molar-refractivity contribution in [2.45, 2.75) is 179 Å². The van der Waals surface area contributed by atoms with Gasteiger partial charge in [0.1, 0.15) is 53.5 Å². The third-order valence-electron chi connectivity index (χ3n) is 17.9. The minimum absolute atomic E-state index is 0.0397. The molecule has 516 valence electrons. The fourth-order valence-electron chi connectivity index (χ4n) is 12.4. The minimum atomic E-state index is -3.21. The highest BCUT2D eigenvalue weighted by molar-refractivity contribution is 9.09. The first-order valence-corrected chi connectivity index (χ1v) is 32.6. The van der Waals surface area contributed by atoms with Gasteiger partial charge in [-0.2, -0.15) is 0 Å². The zero-order chi connectivity index (χ0) is 68.6. The van der Waals surface area contributed by atoms with E-state index >= 15 is 4.79 Å². The van der Waals surface area contributed by atoms with E-state index in [0.29, 0.717) is 36.3 Å². The number of alkyl halides is 1. The monoisotopic (exact) mass is 1370 g/mol. The fraction of sp³-hybridized carbons (Fsp3) is 0.625. The zero-order valence-corrected chi connectivity index (χ0v) is 56.2. The molecule has 93 heavy (non-hydrogen) atoms. The minimum Gasteiger partial charge on any atom is -0.453 e. The van der Waals surface area contributed by atoms with Gasteiger partial charge in [0.25, 0.3) is 0 Å². The third kappa shape index (κ3) is 18.6. The second kappa shape index (κ2) is 34.9. The summed E-state index contributed by atoms with van der Waals surface area (Å²) in [6.45, 7) is 14.3. The first-order valence-electron chi connectivity index (χ1n) is 31.4. The van der Waals surface area contributed by atoms with Crippen molar-refractivity contribution in [2.75, 3.05) is 51.7 Å². The van der Waals surface area contributed by atoms with Crippen LogP contribution in [0.3, 0.4) is 0 Å². The van der Waals surface area contributed by atoms with E-state index in [1.54, 1.807) is 79.3 Å². The lowest BCUT2D eigenvalue weighted by molar-refractivity contribution is -0.706. The number of likely N-dealkylation sites (tertiary alicyclic amines) is 1. The molecule has 18 atom stereocenters. The van der Waals surface area contributed by atoms with Crippen LogP contribution in [0.1, 0.15) is 110 Å². The van der Waals surface area contributed by atoms with Crippen molar-refractivity contribution >= 4 is 45.4 Å². The van der Waals surface area contributed by atoms with E-state index in [1.807, 2.05) is 56.0 Å². The van der Waals surface area contributed by atoms with Crippen molar-refractivity contribution < 1.29 is 83.5 Å². The summed E-state index contributed by atoms with van der Waals surface area (Å²) < 4.78 is 30.1. The number of aromatic nitrogens is 3. The Balaban J connectivity index is 1.25. The number of halogens is 1. The van der Waals surface area contributed by atoms with E-state index in [4.69, 9.17) is 23.7 Å². The molecular formula is C64H95BrN10O18. The molecule has 1 aromatic heterocycles. The number of hydrogen-bond donors (Lipinski definition) is 11. The largest absolute Gasteiger partial charge is 0.513 e. The highest BCUT2D eigenvalue weighted by Gasteiger charge is 2.66. The Bertz CT molecular complexity index is 3030. The second-order valence-electron chi connectivity index (χ2n) is 24.8. The van der Waals surface area contributed by atoms with Crippen molar-refractivity contribution in [1.82, 2.24) is 40.7 Å². The molecule has 6 rings (SSSR count). The molecule has 4 amide bonds. The maximum atomic E-state index is 15.2. The molecule has 0 saturated carbocycles.